The van der Waals surface area contributed by atoms with Crippen molar-refractivity contribution in [3.63, 3.8) is 0 Å². The number of ether oxygens (including phenoxy) is 1. The highest BCUT2D eigenvalue weighted by Crippen LogP contribution is 2.52. The van der Waals surface area contributed by atoms with Crippen LogP contribution in [-0.4, -0.2) is 80.2 Å². The maximum Gasteiger partial charge on any atom is 0.248 e. The van der Waals surface area contributed by atoms with Crippen LogP contribution < -0.4 is 4.90 Å². The molecule has 1 amide bonds. The van der Waals surface area contributed by atoms with Crippen molar-refractivity contribution in [3.05, 3.63) is 23.4 Å². The van der Waals surface area contributed by atoms with E-state index in [4.69, 9.17) is 16.3 Å². The SMILES string of the molecule is COCC(=O)N1C[C@@H]2C(CN3CCN(c4ccc(Cl)cn4)CC3)[C@@H]2C1. The molecule has 1 aromatic heterocycles. The number of amides is 1. The van der Waals surface area contributed by atoms with Crippen molar-refractivity contribution in [1.82, 2.24) is 14.8 Å². The van der Waals surface area contributed by atoms with E-state index in [1.54, 1.807) is 13.3 Å². The molecule has 0 N–H and O–H groups in total. The van der Waals surface area contributed by atoms with Gasteiger partial charge in [0.25, 0.3) is 0 Å². The zero-order valence-corrected chi connectivity index (χ0v) is 15.4. The van der Waals surface area contributed by atoms with Gasteiger partial charge in [-0.2, -0.15) is 0 Å². The maximum atomic E-state index is 11.9. The molecule has 1 saturated carbocycles. The Bertz CT molecular complexity index is 606. The maximum absolute atomic E-state index is 11.9. The number of nitrogens with zero attached hydrogens (tertiary/aromatic N) is 4. The molecule has 0 radical (unpaired) electrons. The second-order valence-corrected chi connectivity index (χ2v) is 7.78. The Morgan fingerprint density at radius 2 is 1.96 bits per heavy atom. The highest BCUT2D eigenvalue weighted by Gasteiger charge is 2.56. The standard InChI is InChI=1S/C18H25ClN4O2/c1-25-12-18(24)23-10-15-14(16(15)11-23)9-21-4-6-22(7-5-21)17-3-2-13(19)8-20-17/h2-3,8,14-16H,4-7,9-12H2,1H3/t14?,15-,16+. The van der Waals surface area contributed by atoms with Gasteiger partial charge in [0.1, 0.15) is 12.4 Å². The van der Waals surface area contributed by atoms with Gasteiger partial charge in [0, 0.05) is 59.1 Å². The quantitative estimate of drug-likeness (QED) is 0.786. The second-order valence-electron chi connectivity index (χ2n) is 7.35. The van der Waals surface area contributed by atoms with Crippen molar-refractivity contribution in [1.29, 1.82) is 0 Å². The number of likely N-dealkylation sites (tertiary alicyclic amines) is 1. The summed E-state index contributed by atoms with van der Waals surface area (Å²) < 4.78 is 4.95. The monoisotopic (exact) mass is 364 g/mol. The number of aromatic nitrogens is 1. The number of fused-ring (bicyclic) bond motifs is 1. The van der Waals surface area contributed by atoms with Gasteiger partial charge in [-0.05, 0) is 29.9 Å². The first-order valence-electron chi connectivity index (χ1n) is 9.01. The number of carbonyl (C=O) groups is 1. The largest absolute Gasteiger partial charge is 0.375 e. The summed E-state index contributed by atoms with van der Waals surface area (Å²) in [6.07, 6.45) is 1.71. The van der Waals surface area contributed by atoms with Gasteiger partial charge >= 0.3 is 0 Å². The minimum absolute atomic E-state index is 0.137. The number of piperidine rings is 1. The number of carbonyl (C=O) groups excluding carboxylic acids is 1. The lowest BCUT2D eigenvalue weighted by molar-refractivity contribution is -0.134. The summed E-state index contributed by atoms with van der Waals surface area (Å²) >= 11 is 5.91. The smallest absolute Gasteiger partial charge is 0.248 e. The van der Waals surface area contributed by atoms with E-state index in [-0.39, 0.29) is 12.5 Å². The van der Waals surface area contributed by atoms with Gasteiger partial charge in [-0.1, -0.05) is 11.6 Å². The molecule has 2 aliphatic heterocycles. The minimum Gasteiger partial charge on any atom is -0.375 e. The summed E-state index contributed by atoms with van der Waals surface area (Å²) in [5.41, 5.74) is 0. The molecule has 0 spiro atoms. The van der Waals surface area contributed by atoms with Crippen LogP contribution in [0.15, 0.2) is 18.3 Å². The van der Waals surface area contributed by atoms with Crippen LogP contribution in [0.25, 0.3) is 0 Å². The van der Waals surface area contributed by atoms with Crippen LogP contribution in [0.4, 0.5) is 5.82 Å². The third-order valence-electron chi connectivity index (χ3n) is 5.87. The van der Waals surface area contributed by atoms with Crippen molar-refractivity contribution in [3.8, 4) is 0 Å². The molecular formula is C18H25ClN4O2. The molecule has 4 rings (SSSR count). The molecule has 6 nitrogen and oxygen atoms in total. The highest BCUT2D eigenvalue weighted by atomic mass is 35.5. The van der Waals surface area contributed by atoms with Crippen LogP contribution in [0.1, 0.15) is 0 Å². The lowest BCUT2D eigenvalue weighted by Crippen LogP contribution is -2.47. The fraction of sp³-hybridized carbons (Fsp3) is 0.667. The molecule has 0 aromatic carbocycles. The van der Waals surface area contributed by atoms with E-state index in [2.05, 4.69) is 14.8 Å². The summed E-state index contributed by atoms with van der Waals surface area (Å²) in [5, 5.41) is 0.681. The van der Waals surface area contributed by atoms with E-state index in [0.717, 1.165) is 51.0 Å². The fourth-order valence-electron chi connectivity index (χ4n) is 4.35. The number of anilines is 1. The number of methoxy groups -OCH3 is 1. The van der Waals surface area contributed by atoms with Gasteiger partial charge < -0.3 is 14.5 Å². The molecule has 2 saturated heterocycles. The summed E-state index contributed by atoms with van der Waals surface area (Å²) in [6.45, 7) is 7.40. The number of pyridine rings is 1. The molecule has 3 fully saturated rings. The van der Waals surface area contributed by atoms with E-state index >= 15 is 0 Å². The number of hydrogen-bond acceptors (Lipinski definition) is 5. The summed E-state index contributed by atoms with van der Waals surface area (Å²) in [4.78, 5) is 23.1. The Hall–Kier alpha value is -1.37. The third kappa shape index (κ3) is 3.61. The Morgan fingerprint density at radius 3 is 2.56 bits per heavy atom. The first-order chi connectivity index (χ1) is 12.2. The van der Waals surface area contributed by atoms with Crippen LogP contribution in [0.2, 0.25) is 5.02 Å². The van der Waals surface area contributed by atoms with Gasteiger partial charge in [0.2, 0.25) is 5.91 Å². The number of halogens is 1. The average Bonchev–Trinajstić information content (AvgIpc) is 3.05. The van der Waals surface area contributed by atoms with E-state index in [1.807, 2.05) is 17.0 Å². The van der Waals surface area contributed by atoms with Crippen LogP contribution in [0, 0.1) is 17.8 Å². The van der Waals surface area contributed by atoms with E-state index in [0.29, 0.717) is 16.9 Å². The Labute approximate surface area is 153 Å². The predicted octanol–water partition coefficient (Wildman–Crippen LogP) is 1.21. The first-order valence-corrected chi connectivity index (χ1v) is 9.39. The number of rotatable bonds is 5. The molecule has 25 heavy (non-hydrogen) atoms. The van der Waals surface area contributed by atoms with Crippen LogP contribution >= 0.6 is 11.6 Å². The molecule has 7 heteroatoms. The van der Waals surface area contributed by atoms with Crippen LogP contribution in [0.5, 0.6) is 0 Å². The summed E-state index contributed by atoms with van der Waals surface area (Å²) in [5.74, 6) is 3.33. The first kappa shape index (κ1) is 17.1. The predicted molar refractivity (Wildman–Crippen MR) is 96.8 cm³/mol. The second kappa shape index (κ2) is 7.09. The van der Waals surface area contributed by atoms with Gasteiger partial charge in [0.05, 0.1) is 5.02 Å². The Kier molecular flexibility index (Phi) is 4.84. The molecule has 3 aliphatic rings. The van der Waals surface area contributed by atoms with Gasteiger partial charge in [-0.15, -0.1) is 0 Å². The highest BCUT2D eigenvalue weighted by molar-refractivity contribution is 6.30. The van der Waals surface area contributed by atoms with Crippen molar-refractivity contribution in [2.45, 2.75) is 0 Å². The fourth-order valence-corrected chi connectivity index (χ4v) is 4.46. The topological polar surface area (TPSA) is 48.9 Å². The van der Waals surface area contributed by atoms with Gasteiger partial charge in [0.15, 0.2) is 0 Å². The molecule has 3 atom stereocenters. The molecule has 1 unspecified atom stereocenters. The summed E-state index contributed by atoms with van der Waals surface area (Å²) in [7, 11) is 1.58. The minimum atomic E-state index is 0.137. The van der Waals surface area contributed by atoms with Crippen molar-refractivity contribution in [2.75, 3.05) is 64.4 Å². The normalized spacial score (nSPS) is 29.0. The molecule has 1 aliphatic carbocycles. The van der Waals surface area contributed by atoms with Crippen molar-refractivity contribution in [2.24, 2.45) is 17.8 Å². The molecule has 136 valence electrons. The lowest BCUT2D eigenvalue weighted by Gasteiger charge is -2.36. The number of hydrogen-bond donors (Lipinski definition) is 0. The lowest BCUT2D eigenvalue weighted by atomic mass is 10.2. The van der Waals surface area contributed by atoms with Crippen molar-refractivity contribution < 1.29 is 9.53 Å². The molecular weight excluding hydrogens is 340 g/mol. The van der Waals surface area contributed by atoms with E-state index < -0.39 is 0 Å². The number of piperazine rings is 1. The van der Waals surface area contributed by atoms with Crippen LogP contribution in [-0.2, 0) is 9.53 Å². The Balaban J connectivity index is 1.21. The molecule has 0 bridgehead atoms. The van der Waals surface area contributed by atoms with Gasteiger partial charge in [-0.25, -0.2) is 4.98 Å². The zero-order valence-electron chi connectivity index (χ0n) is 14.6. The van der Waals surface area contributed by atoms with Crippen molar-refractivity contribution >= 4 is 23.3 Å². The van der Waals surface area contributed by atoms with Gasteiger partial charge in [-0.3, -0.25) is 9.69 Å². The molecule has 3 heterocycles. The molecule has 1 aromatic rings. The summed E-state index contributed by atoms with van der Waals surface area (Å²) in [6, 6.07) is 3.90. The van der Waals surface area contributed by atoms with E-state index in [9.17, 15) is 4.79 Å². The average molecular weight is 365 g/mol. The third-order valence-corrected chi connectivity index (χ3v) is 6.09. The zero-order chi connectivity index (χ0) is 17.4. The Morgan fingerprint density at radius 1 is 1.24 bits per heavy atom. The van der Waals surface area contributed by atoms with Crippen LogP contribution in [0.3, 0.4) is 0 Å². The van der Waals surface area contributed by atoms with E-state index in [1.165, 1.54) is 6.54 Å².